The Labute approximate surface area is 106 Å². The fraction of sp³-hybridized carbons (Fsp3) is 0.800. The van der Waals surface area contributed by atoms with Gasteiger partial charge in [0.1, 0.15) is 0 Å². The number of hydrogen-bond donors (Lipinski definition) is 0. The van der Waals surface area contributed by atoms with Crippen LogP contribution in [-0.4, -0.2) is 55.1 Å². The molecule has 1 aromatic rings. The molecule has 0 radical (unpaired) electrons. The Balaban J connectivity index is 1.93. The monoisotopic (exact) mass is 263 g/mol. The molecule has 1 aromatic heterocycles. The van der Waals surface area contributed by atoms with Crippen LogP contribution in [0.4, 0.5) is 0 Å². The summed E-state index contributed by atoms with van der Waals surface area (Å²) in [7, 11) is 1.65. The second-order valence-electron chi connectivity index (χ2n) is 3.32. The molecule has 0 amide bonds. The molecule has 0 atom stereocenters. The minimum absolute atomic E-state index is 0.383. The van der Waals surface area contributed by atoms with Crippen molar-refractivity contribution in [2.24, 2.45) is 0 Å². The summed E-state index contributed by atoms with van der Waals surface area (Å²) in [6, 6.07) is 0. The predicted molar refractivity (Wildman–Crippen MR) is 63.1 cm³/mol. The third-order valence-corrected chi connectivity index (χ3v) is 2.27. The van der Waals surface area contributed by atoms with Gasteiger partial charge in [-0.3, -0.25) is 0 Å². The molecule has 0 N–H and O–H groups in total. The van der Waals surface area contributed by atoms with Gasteiger partial charge in [-0.25, -0.2) is 4.68 Å². The van der Waals surface area contributed by atoms with Crippen molar-refractivity contribution in [3.8, 4) is 0 Å². The van der Waals surface area contributed by atoms with Gasteiger partial charge in [0.05, 0.1) is 51.2 Å². The highest BCUT2D eigenvalue weighted by Gasteiger charge is 1.98. The quantitative estimate of drug-likeness (QED) is 0.459. The Hall–Kier alpha value is -0.690. The molecule has 0 unspecified atom stereocenters. The zero-order valence-electron chi connectivity index (χ0n) is 9.97. The Morgan fingerprint density at radius 1 is 1.18 bits per heavy atom. The van der Waals surface area contributed by atoms with Gasteiger partial charge in [-0.2, -0.15) is 0 Å². The number of alkyl halides is 1. The Bertz CT molecular complexity index is 296. The van der Waals surface area contributed by atoms with Gasteiger partial charge >= 0.3 is 0 Å². The first-order valence-electron chi connectivity index (χ1n) is 5.46. The van der Waals surface area contributed by atoms with E-state index >= 15 is 0 Å². The highest BCUT2D eigenvalue weighted by Crippen LogP contribution is 1.97. The van der Waals surface area contributed by atoms with E-state index in [1.54, 1.807) is 11.8 Å². The fourth-order valence-electron chi connectivity index (χ4n) is 1.13. The van der Waals surface area contributed by atoms with Gasteiger partial charge < -0.3 is 14.2 Å². The van der Waals surface area contributed by atoms with Gasteiger partial charge in [0, 0.05) is 13.3 Å². The third kappa shape index (κ3) is 6.58. The first-order chi connectivity index (χ1) is 8.36. The van der Waals surface area contributed by atoms with Gasteiger partial charge in [-0.15, -0.1) is 16.7 Å². The van der Waals surface area contributed by atoms with E-state index in [-0.39, 0.29) is 0 Å². The van der Waals surface area contributed by atoms with E-state index in [0.717, 1.165) is 5.69 Å². The Morgan fingerprint density at radius 2 is 1.88 bits per heavy atom. The Kier molecular flexibility index (Phi) is 7.91. The van der Waals surface area contributed by atoms with E-state index in [2.05, 4.69) is 10.3 Å². The van der Waals surface area contributed by atoms with Gasteiger partial charge in [0.25, 0.3) is 0 Å². The highest BCUT2D eigenvalue weighted by molar-refractivity contribution is 6.16. The molecule has 0 saturated heterocycles. The summed E-state index contributed by atoms with van der Waals surface area (Å²) in [5.41, 5.74) is 0.773. The summed E-state index contributed by atoms with van der Waals surface area (Å²) in [6.07, 6.45) is 1.81. The Morgan fingerprint density at radius 3 is 2.53 bits per heavy atom. The topological polar surface area (TPSA) is 58.4 Å². The molecule has 6 nitrogen and oxygen atoms in total. The van der Waals surface area contributed by atoms with Crippen LogP contribution < -0.4 is 0 Å². The summed E-state index contributed by atoms with van der Waals surface area (Å²) >= 11 is 5.61. The average molecular weight is 264 g/mol. The van der Waals surface area contributed by atoms with Crippen LogP contribution in [0.15, 0.2) is 6.20 Å². The molecule has 17 heavy (non-hydrogen) atoms. The molecule has 1 rings (SSSR count). The van der Waals surface area contributed by atoms with Gasteiger partial charge in [0.15, 0.2) is 0 Å². The van der Waals surface area contributed by atoms with E-state index in [4.69, 9.17) is 25.8 Å². The van der Waals surface area contributed by atoms with Crippen molar-refractivity contribution in [2.75, 3.05) is 40.1 Å². The fourth-order valence-corrected chi connectivity index (χ4v) is 1.25. The molecule has 0 aliphatic rings. The molecule has 0 bridgehead atoms. The minimum Gasteiger partial charge on any atom is -0.382 e. The average Bonchev–Trinajstić information content (AvgIpc) is 2.80. The van der Waals surface area contributed by atoms with Crippen molar-refractivity contribution in [1.82, 2.24) is 15.0 Å². The largest absolute Gasteiger partial charge is 0.382 e. The zero-order valence-corrected chi connectivity index (χ0v) is 10.7. The summed E-state index contributed by atoms with van der Waals surface area (Å²) in [6.45, 7) is 3.61. The third-order valence-electron chi connectivity index (χ3n) is 1.99. The molecule has 0 aromatic carbocycles. The number of rotatable bonds is 10. The maximum absolute atomic E-state index is 5.61. The standard InChI is InChI=1S/C10H18ClN3O3/c1-15-4-5-17-7-6-16-3-2-14-9-10(8-11)12-13-14/h9H,2-8H2,1H3. The molecule has 0 saturated carbocycles. The molecule has 0 aliphatic heterocycles. The highest BCUT2D eigenvalue weighted by atomic mass is 35.5. The van der Waals surface area contributed by atoms with Gasteiger partial charge in [-0.1, -0.05) is 5.21 Å². The zero-order chi connectivity index (χ0) is 12.3. The lowest BCUT2D eigenvalue weighted by molar-refractivity contribution is 0.0224. The van der Waals surface area contributed by atoms with Gasteiger partial charge in [-0.05, 0) is 0 Å². The summed E-state index contributed by atoms with van der Waals surface area (Å²) in [5.74, 6) is 0.383. The second kappa shape index (κ2) is 9.35. The molecule has 0 aliphatic carbocycles. The molecule has 7 heteroatoms. The number of nitrogens with zero attached hydrogens (tertiary/aromatic N) is 3. The molecular weight excluding hydrogens is 246 g/mol. The number of aromatic nitrogens is 3. The van der Waals surface area contributed by atoms with Crippen molar-refractivity contribution in [3.05, 3.63) is 11.9 Å². The summed E-state index contributed by atoms with van der Waals surface area (Å²) in [4.78, 5) is 0. The SMILES string of the molecule is COCCOCCOCCn1cc(CCl)nn1. The number of methoxy groups -OCH3 is 1. The van der Waals surface area contributed by atoms with Crippen molar-refractivity contribution in [3.63, 3.8) is 0 Å². The lowest BCUT2D eigenvalue weighted by Crippen LogP contribution is -2.12. The first-order valence-corrected chi connectivity index (χ1v) is 5.99. The summed E-state index contributed by atoms with van der Waals surface area (Å²) in [5, 5.41) is 7.77. The van der Waals surface area contributed by atoms with Gasteiger partial charge in [0.2, 0.25) is 0 Å². The van der Waals surface area contributed by atoms with Crippen LogP contribution in [-0.2, 0) is 26.6 Å². The second-order valence-corrected chi connectivity index (χ2v) is 3.59. The minimum atomic E-state index is 0.383. The van der Waals surface area contributed by atoms with E-state index in [1.807, 2.05) is 6.20 Å². The smallest absolute Gasteiger partial charge is 0.0974 e. The maximum Gasteiger partial charge on any atom is 0.0974 e. The number of halogens is 1. The lowest BCUT2D eigenvalue weighted by Gasteiger charge is -2.05. The predicted octanol–water partition coefficient (Wildman–Crippen LogP) is 0.696. The lowest BCUT2D eigenvalue weighted by atomic mass is 10.5. The van der Waals surface area contributed by atoms with Crippen LogP contribution in [0.3, 0.4) is 0 Å². The summed E-state index contributed by atoms with van der Waals surface area (Å²) < 4.78 is 17.2. The molecule has 1 heterocycles. The van der Waals surface area contributed by atoms with Crippen LogP contribution in [0.25, 0.3) is 0 Å². The van der Waals surface area contributed by atoms with Crippen molar-refractivity contribution in [2.45, 2.75) is 12.4 Å². The van der Waals surface area contributed by atoms with Crippen LogP contribution in [0.5, 0.6) is 0 Å². The van der Waals surface area contributed by atoms with Crippen molar-refractivity contribution >= 4 is 11.6 Å². The first kappa shape index (κ1) is 14.4. The van der Waals surface area contributed by atoms with E-state index in [1.165, 1.54) is 0 Å². The number of ether oxygens (including phenoxy) is 3. The molecule has 0 spiro atoms. The van der Waals surface area contributed by atoms with E-state index in [9.17, 15) is 0 Å². The van der Waals surface area contributed by atoms with E-state index < -0.39 is 0 Å². The van der Waals surface area contributed by atoms with Crippen LogP contribution in [0.2, 0.25) is 0 Å². The maximum atomic E-state index is 5.61. The van der Waals surface area contributed by atoms with Crippen molar-refractivity contribution < 1.29 is 14.2 Å². The molecular formula is C10H18ClN3O3. The molecule has 0 fully saturated rings. The van der Waals surface area contributed by atoms with E-state index in [0.29, 0.717) is 45.5 Å². The van der Waals surface area contributed by atoms with Crippen LogP contribution in [0.1, 0.15) is 5.69 Å². The van der Waals surface area contributed by atoms with Crippen molar-refractivity contribution in [1.29, 1.82) is 0 Å². The molecule has 98 valence electrons. The van der Waals surface area contributed by atoms with Crippen LogP contribution in [0, 0.1) is 0 Å². The normalized spacial score (nSPS) is 10.9. The van der Waals surface area contributed by atoms with Crippen LogP contribution >= 0.6 is 11.6 Å². The number of hydrogen-bond acceptors (Lipinski definition) is 5.